The number of nitrogen functional groups attached to an aromatic ring is 1. The quantitative estimate of drug-likeness (QED) is 0.609. The zero-order valence-electron chi connectivity index (χ0n) is 10.9. The molecular weight excluding hydrogens is 230 g/mol. The number of rotatable bonds is 1. The highest BCUT2D eigenvalue weighted by Crippen LogP contribution is 2.38. The van der Waals surface area contributed by atoms with Crippen molar-refractivity contribution in [3.05, 3.63) is 16.0 Å². The highest BCUT2D eigenvalue weighted by Gasteiger charge is 2.30. The molecule has 0 fully saturated rings. The molecule has 0 saturated heterocycles. The Morgan fingerprint density at radius 1 is 1.18 bits per heavy atom. The molecule has 1 aromatic heterocycles. The van der Waals surface area contributed by atoms with Gasteiger partial charge in [0.2, 0.25) is 0 Å². The molecule has 0 radical (unpaired) electrons. The summed E-state index contributed by atoms with van der Waals surface area (Å²) in [7, 11) is 0. The summed E-state index contributed by atoms with van der Waals surface area (Å²) in [5.74, 6) is 0.203. The van der Waals surface area contributed by atoms with E-state index < -0.39 is 0 Å². The van der Waals surface area contributed by atoms with Crippen LogP contribution in [0.5, 0.6) is 0 Å². The predicted octanol–water partition coefficient (Wildman–Crippen LogP) is 3.83. The van der Waals surface area contributed by atoms with E-state index >= 15 is 0 Å². The summed E-state index contributed by atoms with van der Waals surface area (Å²) in [5.41, 5.74) is 7.82. The normalized spacial score (nSPS) is 16.4. The summed E-state index contributed by atoms with van der Waals surface area (Å²) in [6, 6.07) is 0. The van der Waals surface area contributed by atoms with Gasteiger partial charge in [-0.05, 0) is 31.2 Å². The first-order valence-electron chi connectivity index (χ1n) is 6.36. The first kappa shape index (κ1) is 12.6. The number of Topliss-reactive ketones (excluding diaryl/α,β-unsaturated/α-hetero) is 1. The predicted molar refractivity (Wildman–Crippen MR) is 73.8 cm³/mol. The SMILES string of the molecule is CC(C)(C)C(=O)c1c(N)sc2c1CCCCC2. The average molecular weight is 251 g/mol. The zero-order chi connectivity index (χ0) is 12.6. The molecule has 2 N–H and O–H groups in total. The molecule has 94 valence electrons. The second-order valence-corrected chi connectivity index (χ2v) is 7.02. The molecule has 0 unspecified atom stereocenters. The van der Waals surface area contributed by atoms with Crippen LogP contribution in [0.2, 0.25) is 0 Å². The van der Waals surface area contributed by atoms with Crippen LogP contribution in [-0.4, -0.2) is 5.78 Å². The third kappa shape index (κ3) is 2.39. The fourth-order valence-electron chi connectivity index (χ4n) is 2.39. The van der Waals surface area contributed by atoms with Crippen LogP contribution >= 0.6 is 11.3 Å². The lowest BCUT2D eigenvalue weighted by Gasteiger charge is -2.17. The molecule has 2 nitrogen and oxygen atoms in total. The summed E-state index contributed by atoms with van der Waals surface area (Å²) < 4.78 is 0. The van der Waals surface area contributed by atoms with Gasteiger partial charge in [-0.2, -0.15) is 0 Å². The van der Waals surface area contributed by atoms with E-state index in [9.17, 15) is 4.79 Å². The van der Waals surface area contributed by atoms with E-state index in [2.05, 4.69) is 0 Å². The molecule has 1 aliphatic rings. The summed E-state index contributed by atoms with van der Waals surface area (Å²) in [6.45, 7) is 5.90. The van der Waals surface area contributed by atoms with Crippen LogP contribution in [-0.2, 0) is 12.8 Å². The topological polar surface area (TPSA) is 43.1 Å². The Bertz CT molecular complexity index is 440. The van der Waals surface area contributed by atoms with Gasteiger partial charge in [-0.1, -0.05) is 27.2 Å². The van der Waals surface area contributed by atoms with E-state index in [1.807, 2.05) is 20.8 Å². The lowest BCUT2D eigenvalue weighted by atomic mass is 9.85. The number of carbonyl (C=O) groups is 1. The summed E-state index contributed by atoms with van der Waals surface area (Å²) >= 11 is 1.63. The largest absolute Gasteiger partial charge is 0.390 e. The third-order valence-corrected chi connectivity index (χ3v) is 4.48. The zero-order valence-corrected chi connectivity index (χ0v) is 11.7. The Balaban J connectivity index is 2.47. The molecule has 2 rings (SSSR count). The van der Waals surface area contributed by atoms with Crippen molar-refractivity contribution in [2.75, 3.05) is 5.73 Å². The second kappa shape index (κ2) is 4.45. The maximum absolute atomic E-state index is 12.5. The Morgan fingerprint density at radius 3 is 2.47 bits per heavy atom. The number of anilines is 1. The minimum atomic E-state index is -0.338. The first-order chi connectivity index (χ1) is 7.91. The average Bonchev–Trinajstić information content (AvgIpc) is 2.40. The molecular formula is C14H21NOS. The van der Waals surface area contributed by atoms with Gasteiger partial charge in [0, 0.05) is 10.3 Å². The Kier molecular flexibility index (Phi) is 3.30. The Labute approximate surface area is 107 Å². The maximum Gasteiger partial charge on any atom is 0.171 e. The van der Waals surface area contributed by atoms with E-state index in [1.165, 1.54) is 29.7 Å². The van der Waals surface area contributed by atoms with Gasteiger partial charge in [0.1, 0.15) is 0 Å². The molecule has 1 aromatic rings. The van der Waals surface area contributed by atoms with Crippen LogP contribution in [0.4, 0.5) is 5.00 Å². The molecule has 1 aliphatic carbocycles. The van der Waals surface area contributed by atoms with Crippen LogP contribution in [0.1, 0.15) is 60.8 Å². The molecule has 0 atom stereocenters. The molecule has 0 bridgehead atoms. The number of fused-ring (bicyclic) bond motifs is 1. The lowest BCUT2D eigenvalue weighted by molar-refractivity contribution is 0.0858. The van der Waals surface area contributed by atoms with Gasteiger partial charge in [0.15, 0.2) is 5.78 Å². The van der Waals surface area contributed by atoms with Crippen molar-refractivity contribution in [2.45, 2.75) is 52.9 Å². The number of hydrogen-bond donors (Lipinski definition) is 1. The van der Waals surface area contributed by atoms with Gasteiger partial charge in [0.05, 0.1) is 10.6 Å². The van der Waals surface area contributed by atoms with Crippen LogP contribution in [0.3, 0.4) is 0 Å². The lowest BCUT2D eigenvalue weighted by Crippen LogP contribution is -2.22. The second-order valence-electron chi connectivity index (χ2n) is 5.88. The number of aryl methyl sites for hydroxylation is 1. The Hall–Kier alpha value is -0.830. The summed E-state index contributed by atoms with van der Waals surface area (Å²) in [4.78, 5) is 13.8. The van der Waals surface area contributed by atoms with Crippen molar-refractivity contribution >= 4 is 22.1 Å². The van der Waals surface area contributed by atoms with Crippen molar-refractivity contribution in [2.24, 2.45) is 5.41 Å². The van der Waals surface area contributed by atoms with E-state index in [1.54, 1.807) is 11.3 Å². The van der Waals surface area contributed by atoms with Gasteiger partial charge in [-0.15, -0.1) is 11.3 Å². The maximum atomic E-state index is 12.5. The van der Waals surface area contributed by atoms with Gasteiger partial charge in [-0.3, -0.25) is 4.79 Å². The molecule has 0 spiro atoms. The Morgan fingerprint density at radius 2 is 1.82 bits per heavy atom. The molecule has 0 aromatic carbocycles. The molecule has 1 heterocycles. The van der Waals surface area contributed by atoms with Crippen LogP contribution < -0.4 is 5.73 Å². The minimum absolute atomic E-state index is 0.203. The van der Waals surface area contributed by atoms with E-state index in [0.717, 1.165) is 23.4 Å². The van der Waals surface area contributed by atoms with Gasteiger partial charge in [0.25, 0.3) is 0 Å². The molecule has 0 amide bonds. The summed E-state index contributed by atoms with van der Waals surface area (Å²) in [5, 5.41) is 0.733. The smallest absolute Gasteiger partial charge is 0.171 e. The molecule has 3 heteroatoms. The van der Waals surface area contributed by atoms with Crippen molar-refractivity contribution in [1.29, 1.82) is 0 Å². The molecule has 17 heavy (non-hydrogen) atoms. The van der Waals surface area contributed by atoms with Crippen molar-refractivity contribution < 1.29 is 4.79 Å². The highest BCUT2D eigenvalue weighted by molar-refractivity contribution is 7.16. The number of nitrogens with two attached hydrogens (primary N) is 1. The van der Waals surface area contributed by atoms with E-state index in [-0.39, 0.29) is 11.2 Å². The van der Waals surface area contributed by atoms with E-state index in [4.69, 9.17) is 5.73 Å². The van der Waals surface area contributed by atoms with Crippen LogP contribution in [0.15, 0.2) is 0 Å². The number of ketones is 1. The third-order valence-electron chi connectivity index (χ3n) is 3.36. The fraction of sp³-hybridized carbons (Fsp3) is 0.643. The number of hydrogen-bond acceptors (Lipinski definition) is 3. The first-order valence-corrected chi connectivity index (χ1v) is 7.17. The van der Waals surface area contributed by atoms with Gasteiger partial charge < -0.3 is 5.73 Å². The minimum Gasteiger partial charge on any atom is -0.390 e. The molecule has 0 saturated carbocycles. The standard InChI is InChI=1S/C14H21NOS/c1-14(2,3)12(16)11-9-7-5-4-6-8-10(9)17-13(11)15/h4-8,15H2,1-3H3. The van der Waals surface area contributed by atoms with Gasteiger partial charge in [-0.25, -0.2) is 0 Å². The van der Waals surface area contributed by atoms with Crippen LogP contribution in [0.25, 0.3) is 0 Å². The highest BCUT2D eigenvalue weighted by atomic mass is 32.1. The van der Waals surface area contributed by atoms with Crippen LogP contribution in [0, 0.1) is 5.41 Å². The molecule has 0 aliphatic heterocycles. The fourth-order valence-corrected chi connectivity index (χ4v) is 3.55. The van der Waals surface area contributed by atoms with Crippen molar-refractivity contribution in [3.63, 3.8) is 0 Å². The summed E-state index contributed by atoms with van der Waals surface area (Å²) in [6.07, 6.45) is 5.82. The van der Waals surface area contributed by atoms with Crippen molar-refractivity contribution in [1.82, 2.24) is 0 Å². The monoisotopic (exact) mass is 251 g/mol. The van der Waals surface area contributed by atoms with E-state index in [0.29, 0.717) is 0 Å². The van der Waals surface area contributed by atoms with Gasteiger partial charge >= 0.3 is 0 Å². The number of carbonyl (C=O) groups excluding carboxylic acids is 1. The number of thiophene rings is 1. The van der Waals surface area contributed by atoms with Crippen molar-refractivity contribution in [3.8, 4) is 0 Å².